The maximum atomic E-state index is 12.0. The predicted molar refractivity (Wildman–Crippen MR) is 157 cm³/mol. The van der Waals surface area contributed by atoms with Crippen molar-refractivity contribution >= 4 is 21.9 Å². The fraction of sp³-hybridized carbons (Fsp3) is 0.290. The van der Waals surface area contributed by atoms with E-state index in [2.05, 4.69) is 43.0 Å². The minimum Gasteiger partial charge on any atom is -0.481 e. The molecule has 41 heavy (non-hydrogen) atoms. The fourth-order valence-corrected chi connectivity index (χ4v) is 5.49. The average molecular weight is 620 g/mol. The van der Waals surface area contributed by atoms with E-state index in [1.807, 2.05) is 53.4 Å². The van der Waals surface area contributed by atoms with Crippen molar-refractivity contribution in [1.29, 1.82) is 0 Å². The lowest BCUT2D eigenvalue weighted by Crippen LogP contribution is -2.44. The molecule has 9 nitrogen and oxygen atoms in total. The number of carboxylic acids is 1. The summed E-state index contributed by atoms with van der Waals surface area (Å²) in [5.41, 5.74) is 4.50. The summed E-state index contributed by atoms with van der Waals surface area (Å²) in [5, 5.41) is 9.81. The number of piperidine rings is 1. The summed E-state index contributed by atoms with van der Waals surface area (Å²) < 4.78 is 18.8. The number of carbonyl (C=O) groups is 1. The Morgan fingerprint density at radius 3 is 2.59 bits per heavy atom. The number of halogens is 1. The van der Waals surface area contributed by atoms with Crippen molar-refractivity contribution in [3.63, 3.8) is 0 Å². The van der Waals surface area contributed by atoms with Crippen LogP contribution in [-0.4, -0.2) is 50.6 Å². The molecular formula is C31H31BrN4O5. The van der Waals surface area contributed by atoms with Crippen LogP contribution in [0.2, 0.25) is 0 Å². The third-order valence-corrected chi connectivity index (χ3v) is 7.92. The molecule has 2 aromatic heterocycles. The topological polar surface area (TPSA) is 107 Å². The first-order valence-corrected chi connectivity index (χ1v) is 14.2. The zero-order valence-corrected chi connectivity index (χ0v) is 24.3. The first-order valence-electron chi connectivity index (χ1n) is 13.4. The maximum absolute atomic E-state index is 12.0. The molecule has 0 spiro atoms. The SMILES string of the molecule is COc1nc(OCc2cccc(-c3ccccc3)c2Br)nc(OCc2cccnc2)c1CN1CCCC[C@H]1C(=O)O. The molecule has 1 saturated heterocycles. The number of aromatic nitrogens is 3. The summed E-state index contributed by atoms with van der Waals surface area (Å²) in [6.07, 6.45) is 5.79. The number of pyridine rings is 1. The van der Waals surface area contributed by atoms with E-state index >= 15 is 0 Å². The van der Waals surface area contributed by atoms with Crippen molar-refractivity contribution in [2.75, 3.05) is 13.7 Å². The van der Waals surface area contributed by atoms with Crippen LogP contribution in [0.5, 0.6) is 17.8 Å². The summed E-state index contributed by atoms with van der Waals surface area (Å²) >= 11 is 3.74. The molecule has 0 unspecified atom stereocenters. The summed E-state index contributed by atoms with van der Waals surface area (Å²) in [6, 6.07) is 19.4. The Morgan fingerprint density at radius 1 is 1.00 bits per heavy atom. The Labute approximate surface area is 247 Å². The molecule has 10 heteroatoms. The minimum atomic E-state index is -0.842. The van der Waals surface area contributed by atoms with Gasteiger partial charge in [-0.25, -0.2) is 0 Å². The smallest absolute Gasteiger partial charge is 0.323 e. The van der Waals surface area contributed by atoms with E-state index in [0.717, 1.165) is 39.6 Å². The van der Waals surface area contributed by atoms with Crippen LogP contribution in [-0.2, 0) is 24.6 Å². The van der Waals surface area contributed by atoms with Gasteiger partial charge in [-0.3, -0.25) is 14.7 Å². The van der Waals surface area contributed by atoms with Crippen LogP contribution in [0.25, 0.3) is 11.1 Å². The van der Waals surface area contributed by atoms with Crippen LogP contribution in [0, 0.1) is 0 Å². The first kappa shape index (κ1) is 28.5. The molecule has 212 valence electrons. The molecule has 0 saturated carbocycles. The molecule has 4 aromatic rings. The van der Waals surface area contributed by atoms with E-state index in [4.69, 9.17) is 14.2 Å². The standard InChI is InChI=1S/C31H31BrN4O5/c1-39-28-25(18-36-16-6-5-14-26(36)30(37)38)29(40-19-21-9-8-15-33-17-21)35-31(34-28)41-20-23-12-7-13-24(27(23)32)22-10-3-2-4-11-22/h2-4,7-13,15,17,26H,5-6,14,16,18-20H2,1H3,(H,37,38)/t26-/m0/s1. The molecule has 2 aromatic carbocycles. The van der Waals surface area contributed by atoms with Crippen molar-refractivity contribution in [1.82, 2.24) is 19.9 Å². The Kier molecular flexibility index (Phi) is 9.43. The number of aliphatic carboxylic acids is 1. The summed E-state index contributed by atoms with van der Waals surface area (Å²) in [7, 11) is 1.52. The largest absolute Gasteiger partial charge is 0.481 e. The summed E-state index contributed by atoms with van der Waals surface area (Å²) in [6.45, 7) is 1.34. The van der Waals surface area contributed by atoms with Gasteiger partial charge in [-0.15, -0.1) is 0 Å². The lowest BCUT2D eigenvalue weighted by Gasteiger charge is -2.33. The lowest BCUT2D eigenvalue weighted by molar-refractivity contribution is -0.144. The number of nitrogens with zero attached hydrogens (tertiary/aromatic N) is 4. The second-order valence-corrected chi connectivity index (χ2v) is 10.5. The zero-order chi connectivity index (χ0) is 28.6. The normalized spacial score (nSPS) is 15.3. The number of carboxylic acid groups (broad SMARTS) is 1. The van der Waals surface area contributed by atoms with Gasteiger partial charge in [0.2, 0.25) is 11.8 Å². The molecule has 3 heterocycles. The van der Waals surface area contributed by atoms with Crippen LogP contribution in [0.1, 0.15) is 36.0 Å². The van der Waals surface area contributed by atoms with Gasteiger partial charge >= 0.3 is 12.0 Å². The highest BCUT2D eigenvalue weighted by Gasteiger charge is 2.31. The molecule has 0 aliphatic carbocycles. The quantitative estimate of drug-likeness (QED) is 0.219. The highest BCUT2D eigenvalue weighted by Crippen LogP contribution is 2.34. The Bertz CT molecular complexity index is 1470. The summed E-state index contributed by atoms with van der Waals surface area (Å²) in [5.74, 6) is -0.281. The monoisotopic (exact) mass is 618 g/mol. The number of hydrogen-bond acceptors (Lipinski definition) is 8. The van der Waals surface area contributed by atoms with Crippen LogP contribution < -0.4 is 14.2 Å². The van der Waals surface area contributed by atoms with E-state index in [-0.39, 0.29) is 37.5 Å². The number of benzene rings is 2. The van der Waals surface area contributed by atoms with Crippen LogP contribution in [0.4, 0.5) is 0 Å². The Balaban J connectivity index is 1.43. The fourth-order valence-electron chi connectivity index (χ4n) is 4.89. The van der Waals surface area contributed by atoms with Crippen molar-refractivity contribution in [2.24, 2.45) is 0 Å². The average Bonchev–Trinajstić information content (AvgIpc) is 3.01. The Morgan fingerprint density at radius 2 is 1.83 bits per heavy atom. The molecule has 1 N–H and O–H groups in total. The molecule has 0 radical (unpaired) electrons. The zero-order valence-electron chi connectivity index (χ0n) is 22.7. The predicted octanol–water partition coefficient (Wildman–Crippen LogP) is 5.91. The molecule has 0 amide bonds. The second-order valence-electron chi connectivity index (χ2n) is 9.70. The van der Waals surface area contributed by atoms with E-state index in [9.17, 15) is 9.90 Å². The Hall–Kier alpha value is -4.02. The number of hydrogen-bond donors (Lipinski definition) is 1. The third-order valence-electron chi connectivity index (χ3n) is 6.98. The number of likely N-dealkylation sites (tertiary alicyclic amines) is 1. The van der Waals surface area contributed by atoms with Gasteiger partial charge in [-0.1, -0.05) is 61.0 Å². The van der Waals surface area contributed by atoms with Gasteiger partial charge in [0, 0.05) is 34.5 Å². The number of ether oxygens (including phenoxy) is 3. The van der Waals surface area contributed by atoms with Crippen molar-refractivity contribution in [2.45, 2.75) is 45.1 Å². The van der Waals surface area contributed by atoms with E-state index in [1.54, 1.807) is 12.4 Å². The van der Waals surface area contributed by atoms with Crippen molar-refractivity contribution in [3.05, 3.63) is 94.2 Å². The molecule has 1 atom stereocenters. The molecule has 1 fully saturated rings. The van der Waals surface area contributed by atoms with Gasteiger partial charge in [-0.05, 0) is 52.5 Å². The molecule has 1 aliphatic heterocycles. The van der Waals surface area contributed by atoms with Gasteiger partial charge in [-0.2, -0.15) is 9.97 Å². The maximum Gasteiger partial charge on any atom is 0.323 e. The lowest BCUT2D eigenvalue weighted by atomic mass is 10.0. The van der Waals surface area contributed by atoms with E-state index < -0.39 is 12.0 Å². The van der Waals surface area contributed by atoms with Crippen LogP contribution in [0.3, 0.4) is 0 Å². The van der Waals surface area contributed by atoms with Crippen LogP contribution in [0.15, 0.2) is 77.5 Å². The highest BCUT2D eigenvalue weighted by atomic mass is 79.9. The first-order chi connectivity index (χ1) is 20.0. The van der Waals surface area contributed by atoms with Gasteiger partial charge in [0.25, 0.3) is 0 Å². The third kappa shape index (κ3) is 7.01. The van der Waals surface area contributed by atoms with Crippen molar-refractivity contribution in [3.8, 4) is 28.9 Å². The summed E-state index contributed by atoms with van der Waals surface area (Å²) in [4.78, 5) is 27.2. The molecule has 0 bridgehead atoms. The number of rotatable bonds is 11. The van der Waals surface area contributed by atoms with Gasteiger partial charge in [0.05, 0.1) is 12.7 Å². The number of methoxy groups -OCH3 is 1. The van der Waals surface area contributed by atoms with E-state index in [1.165, 1.54) is 7.11 Å². The van der Waals surface area contributed by atoms with Crippen molar-refractivity contribution < 1.29 is 24.1 Å². The van der Waals surface area contributed by atoms with Crippen LogP contribution >= 0.6 is 15.9 Å². The second kappa shape index (κ2) is 13.6. The van der Waals surface area contributed by atoms with Gasteiger partial charge in [0.1, 0.15) is 19.3 Å². The molecule has 1 aliphatic rings. The minimum absolute atomic E-state index is 0.0947. The van der Waals surface area contributed by atoms with Gasteiger partial charge in [0.15, 0.2) is 0 Å². The molecular weight excluding hydrogens is 588 g/mol. The highest BCUT2D eigenvalue weighted by molar-refractivity contribution is 9.10. The van der Waals surface area contributed by atoms with E-state index in [0.29, 0.717) is 18.5 Å². The molecule has 5 rings (SSSR count). The van der Waals surface area contributed by atoms with Gasteiger partial charge < -0.3 is 19.3 Å².